The molecule has 1 fully saturated rings. The number of piperidine rings is 1. The summed E-state index contributed by atoms with van der Waals surface area (Å²) in [6.45, 7) is 1.21. The van der Waals surface area contributed by atoms with E-state index in [-0.39, 0.29) is 23.4 Å². The zero-order valence-corrected chi connectivity index (χ0v) is 15.8. The van der Waals surface area contributed by atoms with Crippen LogP contribution in [0.4, 0.5) is 0 Å². The molecule has 6 heteroatoms. The number of carbonyl (C=O) groups is 2. The molecule has 4 nitrogen and oxygen atoms in total. The van der Waals surface area contributed by atoms with Crippen LogP contribution in [0.3, 0.4) is 0 Å². The highest BCUT2D eigenvalue weighted by molar-refractivity contribution is 8.00. The molecule has 0 spiro atoms. The van der Waals surface area contributed by atoms with Gasteiger partial charge in [0.2, 0.25) is 5.91 Å². The number of carbonyl (C=O) groups excluding carboxylic acids is 2. The van der Waals surface area contributed by atoms with Gasteiger partial charge < -0.3 is 10.0 Å². The van der Waals surface area contributed by atoms with Crippen LogP contribution in [-0.4, -0.2) is 40.5 Å². The third-order valence-corrected chi connectivity index (χ3v) is 5.79. The first kappa shape index (κ1) is 18.8. The van der Waals surface area contributed by atoms with Gasteiger partial charge in [-0.15, -0.1) is 11.8 Å². The highest BCUT2D eigenvalue weighted by Gasteiger charge is 2.27. The first-order valence-corrected chi connectivity index (χ1v) is 9.88. The minimum atomic E-state index is -0.0625. The molecule has 1 saturated heterocycles. The van der Waals surface area contributed by atoms with E-state index in [1.54, 1.807) is 12.1 Å². The third-order valence-electron chi connectivity index (χ3n) is 4.55. The molecule has 2 aromatic carbocycles. The minimum absolute atomic E-state index is 0.0625. The monoisotopic (exact) mass is 389 g/mol. The van der Waals surface area contributed by atoms with Crippen LogP contribution in [0.2, 0.25) is 5.02 Å². The summed E-state index contributed by atoms with van der Waals surface area (Å²) in [4.78, 5) is 27.8. The van der Waals surface area contributed by atoms with E-state index in [1.807, 2.05) is 29.2 Å². The lowest BCUT2D eigenvalue weighted by Crippen LogP contribution is -2.41. The maximum Gasteiger partial charge on any atom is 0.232 e. The van der Waals surface area contributed by atoms with Crippen LogP contribution >= 0.6 is 23.4 Å². The Morgan fingerprint density at radius 1 is 1.04 bits per heavy atom. The summed E-state index contributed by atoms with van der Waals surface area (Å²) in [6, 6.07) is 13.8. The number of ketones is 1. The molecule has 26 heavy (non-hydrogen) atoms. The van der Waals surface area contributed by atoms with Crippen LogP contribution in [-0.2, 0) is 4.79 Å². The van der Waals surface area contributed by atoms with Crippen molar-refractivity contribution in [2.75, 3.05) is 18.8 Å². The number of phenolic OH excluding ortho intramolecular Hbond substituents is 1. The minimum Gasteiger partial charge on any atom is -0.508 e. The number of Topliss-reactive ketones (excluding diaryl/α,β-unsaturated/α-hetero) is 1. The lowest BCUT2D eigenvalue weighted by atomic mass is 9.89. The molecule has 3 rings (SSSR count). The highest BCUT2D eigenvalue weighted by Crippen LogP contribution is 2.25. The van der Waals surface area contributed by atoms with E-state index in [0.29, 0.717) is 42.3 Å². The second-order valence-corrected chi connectivity index (χ2v) is 7.79. The Labute approximate surface area is 162 Å². The fourth-order valence-electron chi connectivity index (χ4n) is 3.02. The van der Waals surface area contributed by atoms with E-state index in [4.69, 9.17) is 11.6 Å². The molecule has 1 amide bonds. The van der Waals surface area contributed by atoms with Gasteiger partial charge in [0.15, 0.2) is 5.78 Å². The molecule has 0 bridgehead atoms. The lowest BCUT2D eigenvalue weighted by molar-refractivity contribution is -0.129. The predicted molar refractivity (Wildman–Crippen MR) is 104 cm³/mol. The Morgan fingerprint density at radius 2 is 1.65 bits per heavy atom. The van der Waals surface area contributed by atoms with Crippen molar-refractivity contribution in [2.45, 2.75) is 17.7 Å². The normalized spacial score (nSPS) is 15.0. The van der Waals surface area contributed by atoms with E-state index in [0.717, 1.165) is 4.90 Å². The molecule has 1 aliphatic heterocycles. The number of rotatable bonds is 5. The topological polar surface area (TPSA) is 57.6 Å². The fourth-order valence-corrected chi connectivity index (χ4v) is 3.95. The number of likely N-dealkylation sites (tertiary alicyclic amines) is 1. The van der Waals surface area contributed by atoms with Crippen molar-refractivity contribution >= 4 is 35.1 Å². The van der Waals surface area contributed by atoms with E-state index >= 15 is 0 Å². The average molecular weight is 390 g/mol. The molecule has 0 atom stereocenters. The summed E-state index contributed by atoms with van der Waals surface area (Å²) in [5, 5.41) is 10.0. The average Bonchev–Trinajstić information content (AvgIpc) is 2.67. The Hall–Kier alpha value is -1.98. The molecule has 136 valence electrons. The molecule has 0 aliphatic carbocycles. The number of benzene rings is 2. The predicted octanol–water partition coefficient (Wildman–Crippen LogP) is 4.26. The molecule has 0 saturated carbocycles. The van der Waals surface area contributed by atoms with Gasteiger partial charge in [-0.25, -0.2) is 0 Å². The largest absolute Gasteiger partial charge is 0.508 e. The summed E-state index contributed by atoms with van der Waals surface area (Å²) < 4.78 is 0. The van der Waals surface area contributed by atoms with Crippen LogP contribution in [0, 0.1) is 5.92 Å². The van der Waals surface area contributed by atoms with E-state index in [9.17, 15) is 14.7 Å². The maximum atomic E-state index is 12.5. The van der Waals surface area contributed by atoms with Gasteiger partial charge in [-0.2, -0.15) is 0 Å². The Bertz CT molecular complexity index is 769. The van der Waals surface area contributed by atoms with Gasteiger partial charge >= 0.3 is 0 Å². The molecular weight excluding hydrogens is 370 g/mol. The van der Waals surface area contributed by atoms with Crippen LogP contribution in [0.25, 0.3) is 0 Å². The van der Waals surface area contributed by atoms with Crippen LogP contribution in [0.1, 0.15) is 23.2 Å². The van der Waals surface area contributed by atoms with Crippen LogP contribution in [0.5, 0.6) is 5.75 Å². The van der Waals surface area contributed by atoms with Gasteiger partial charge in [0.05, 0.1) is 5.75 Å². The van der Waals surface area contributed by atoms with E-state index < -0.39 is 0 Å². The summed E-state index contributed by atoms with van der Waals surface area (Å²) in [7, 11) is 0. The molecular formula is C20H20ClNO3S. The molecule has 1 N–H and O–H groups in total. The Kier molecular flexibility index (Phi) is 6.22. The van der Waals surface area contributed by atoms with Crippen molar-refractivity contribution < 1.29 is 14.7 Å². The van der Waals surface area contributed by atoms with Crippen molar-refractivity contribution in [3.05, 3.63) is 59.1 Å². The number of amides is 1. The maximum absolute atomic E-state index is 12.5. The number of hydrogen-bond acceptors (Lipinski definition) is 4. The second kappa shape index (κ2) is 8.60. The molecule has 2 aromatic rings. The zero-order valence-electron chi connectivity index (χ0n) is 14.2. The fraction of sp³-hybridized carbons (Fsp3) is 0.300. The zero-order chi connectivity index (χ0) is 18.5. The van der Waals surface area contributed by atoms with Gasteiger partial charge in [0.25, 0.3) is 0 Å². The first-order valence-electron chi connectivity index (χ1n) is 8.52. The van der Waals surface area contributed by atoms with Crippen molar-refractivity contribution in [3.63, 3.8) is 0 Å². The van der Waals surface area contributed by atoms with Gasteiger partial charge in [-0.1, -0.05) is 11.6 Å². The Balaban J connectivity index is 1.48. The number of halogens is 1. The second-order valence-electron chi connectivity index (χ2n) is 6.31. The number of thioether (sulfide) groups is 1. The molecule has 0 unspecified atom stereocenters. The van der Waals surface area contributed by atoms with Crippen molar-refractivity contribution in [1.29, 1.82) is 0 Å². The standard InChI is InChI=1S/C20H20ClNO3S/c21-16-3-7-18(8-4-16)26-13-19(24)22-11-9-15(10-12-22)20(25)14-1-5-17(23)6-2-14/h1-8,15,23H,9-13H2. The lowest BCUT2D eigenvalue weighted by Gasteiger charge is -2.31. The molecule has 0 radical (unpaired) electrons. The summed E-state index contributed by atoms with van der Waals surface area (Å²) in [5.74, 6) is 0.666. The highest BCUT2D eigenvalue weighted by atomic mass is 35.5. The van der Waals surface area contributed by atoms with Gasteiger partial charge in [0, 0.05) is 34.5 Å². The number of phenols is 1. The number of aromatic hydroxyl groups is 1. The van der Waals surface area contributed by atoms with Gasteiger partial charge in [0.1, 0.15) is 5.75 Å². The van der Waals surface area contributed by atoms with Crippen molar-refractivity contribution in [1.82, 2.24) is 4.90 Å². The molecule has 1 aliphatic rings. The smallest absolute Gasteiger partial charge is 0.232 e. The number of hydrogen-bond donors (Lipinski definition) is 1. The van der Waals surface area contributed by atoms with Crippen molar-refractivity contribution in [2.24, 2.45) is 5.92 Å². The number of nitrogens with zero attached hydrogens (tertiary/aromatic N) is 1. The van der Waals surface area contributed by atoms with E-state index in [2.05, 4.69) is 0 Å². The van der Waals surface area contributed by atoms with Crippen LogP contribution in [0.15, 0.2) is 53.4 Å². The SMILES string of the molecule is O=C(c1ccc(O)cc1)C1CCN(C(=O)CSc2ccc(Cl)cc2)CC1. The molecule has 1 heterocycles. The van der Waals surface area contributed by atoms with Gasteiger partial charge in [-0.3, -0.25) is 9.59 Å². The summed E-state index contributed by atoms with van der Waals surface area (Å²) in [5.41, 5.74) is 0.617. The first-order chi connectivity index (χ1) is 12.5. The van der Waals surface area contributed by atoms with Crippen molar-refractivity contribution in [3.8, 4) is 5.75 Å². The molecule has 0 aromatic heterocycles. The van der Waals surface area contributed by atoms with E-state index in [1.165, 1.54) is 23.9 Å². The van der Waals surface area contributed by atoms with Crippen LogP contribution < -0.4 is 0 Å². The summed E-state index contributed by atoms with van der Waals surface area (Å²) in [6.07, 6.45) is 1.36. The summed E-state index contributed by atoms with van der Waals surface area (Å²) >= 11 is 7.36. The van der Waals surface area contributed by atoms with Gasteiger partial charge in [-0.05, 0) is 61.4 Å². The third kappa shape index (κ3) is 4.80. The Morgan fingerprint density at radius 3 is 2.27 bits per heavy atom. The quantitative estimate of drug-likeness (QED) is 0.613.